The van der Waals surface area contributed by atoms with Crippen LogP contribution in [0, 0.1) is 5.92 Å². The zero-order valence-corrected chi connectivity index (χ0v) is 13.5. The molecule has 0 aromatic heterocycles. The van der Waals surface area contributed by atoms with Gasteiger partial charge < -0.3 is 4.90 Å². The van der Waals surface area contributed by atoms with Crippen LogP contribution in [0.3, 0.4) is 0 Å². The van der Waals surface area contributed by atoms with E-state index >= 15 is 0 Å². The molecule has 0 bridgehead atoms. The first kappa shape index (κ1) is 15.0. The van der Waals surface area contributed by atoms with Gasteiger partial charge in [-0.2, -0.15) is 0 Å². The van der Waals surface area contributed by atoms with E-state index in [1.54, 1.807) is 4.90 Å². The van der Waals surface area contributed by atoms with Gasteiger partial charge in [0.1, 0.15) is 6.04 Å². The Hall–Kier alpha value is -1.87. The van der Waals surface area contributed by atoms with Crippen molar-refractivity contribution < 1.29 is 4.79 Å². The molecular formula is C18H19ClN2O. The average Bonchev–Trinajstić information content (AvgIpc) is 2.64. The molecule has 1 aromatic rings. The van der Waals surface area contributed by atoms with Crippen LogP contribution in [0.5, 0.6) is 0 Å². The largest absolute Gasteiger partial charge is 0.336 e. The van der Waals surface area contributed by atoms with Gasteiger partial charge in [-0.05, 0) is 18.1 Å². The molecule has 3 rings (SSSR count). The summed E-state index contributed by atoms with van der Waals surface area (Å²) in [6.07, 6.45) is 6.56. The molecule has 22 heavy (non-hydrogen) atoms. The Labute approximate surface area is 136 Å². The van der Waals surface area contributed by atoms with E-state index in [9.17, 15) is 4.79 Å². The highest BCUT2D eigenvalue weighted by Crippen LogP contribution is 2.30. The summed E-state index contributed by atoms with van der Waals surface area (Å²) in [6, 6.07) is 9.69. The maximum atomic E-state index is 12.6. The van der Waals surface area contributed by atoms with Gasteiger partial charge in [0, 0.05) is 18.0 Å². The molecule has 4 heteroatoms. The topological polar surface area (TPSA) is 32.7 Å². The van der Waals surface area contributed by atoms with E-state index in [2.05, 4.69) is 0 Å². The number of halogens is 1. The molecule has 0 spiro atoms. The summed E-state index contributed by atoms with van der Waals surface area (Å²) >= 11 is 6.21. The van der Waals surface area contributed by atoms with Crippen LogP contribution in [-0.2, 0) is 4.79 Å². The van der Waals surface area contributed by atoms with Crippen LogP contribution in [0.4, 0.5) is 0 Å². The summed E-state index contributed by atoms with van der Waals surface area (Å²) in [6.45, 7) is 2.00. The zero-order chi connectivity index (χ0) is 15.7. The number of carbonyl (C=O) groups is 1. The van der Waals surface area contributed by atoms with Crippen molar-refractivity contribution in [3.05, 3.63) is 59.2 Å². The molecule has 1 amide bonds. The summed E-state index contributed by atoms with van der Waals surface area (Å²) in [5.74, 6) is 0.0601. The number of carbonyl (C=O) groups excluding carboxylic acids is 1. The number of fused-ring (bicyclic) bond motifs is 1. The van der Waals surface area contributed by atoms with Crippen LogP contribution in [0.15, 0.2) is 58.6 Å². The van der Waals surface area contributed by atoms with Crippen molar-refractivity contribution in [2.45, 2.75) is 25.4 Å². The average molecular weight is 315 g/mol. The van der Waals surface area contributed by atoms with Crippen molar-refractivity contribution in [3.63, 3.8) is 0 Å². The molecule has 2 aliphatic rings. The highest BCUT2D eigenvalue weighted by molar-refractivity contribution is 6.31. The Morgan fingerprint density at radius 3 is 2.68 bits per heavy atom. The fourth-order valence-electron chi connectivity index (χ4n) is 3.08. The van der Waals surface area contributed by atoms with E-state index in [1.807, 2.05) is 62.5 Å². The number of nitrogens with zero attached hydrogens (tertiary/aromatic N) is 2. The predicted molar refractivity (Wildman–Crippen MR) is 90.2 cm³/mol. The molecule has 3 nitrogen and oxygen atoms in total. The van der Waals surface area contributed by atoms with Gasteiger partial charge in [0.25, 0.3) is 0 Å². The maximum absolute atomic E-state index is 12.6. The summed E-state index contributed by atoms with van der Waals surface area (Å²) in [4.78, 5) is 19.2. The van der Waals surface area contributed by atoms with E-state index in [4.69, 9.17) is 16.6 Å². The van der Waals surface area contributed by atoms with Crippen LogP contribution in [-0.4, -0.2) is 35.7 Å². The standard InChI is InChI=1S/C18H19ClN2O/c1-3-15-18(22)21(2)16-10-9-13(19)11-14(16)17(20-15)12-7-5-4-6-8-12/h4-11,14-16H,3H2,1-2H3. The number of rotatable bonds is 2. The first-order valence-electron chi connectivity index (χ1n) is 7.57. The van der Waals surface area contributed by atoms with Crippen molar-refractivity contribution >= 4 is 23.2 Å². The van der Waals surface area contributed by atoms with Gasteiger partial charge in [-0.25, -0.2) is 0 Å². The summed E-state index contributed by atoms with van der Waals surface area (Å²) in [5, 5.41) is 0.695. The molecule has 1 aromatic carbocycles. The van der Waals surface area contributed by atoms with Crippen LogP contribution < -0.4 is 0 Å². The van der Waals surface area contributed by atoms with Gasteiger partial charge in [0.2, 0.25) is 5.91 Å². The molecule has 0 fully saturated rings. The monoisotopic (exact) mass is 314 g/mol. The maximum Gasteiger partial charge on any atom is 0.247 e. The highest BCUT2D eigenvalue weighted by Gasteiger charge is 2.37. The lowest BCUT2D eigenvalue weighted by Gasteiger charge is -2.31. The third-order valence-corrected chi connectivity index (χ3v) is 4.56. The Balaban J connectivity index is 2.14. The Morgan fingerprint density at radius 2 is 2.00 bits per heavy atom. The van der Waals surface area contributed by atoms with Gasteiger partial charge >= 0.3 is 0 Å². The predicted octanol–water partition coefficient (Wildman–Crippen LogP) is 3.40. The summed E-state index contributed by atoms with van der Waals surface area (Å²) in [7, 11) is 1.85. The summed E-state index contributed by atoms with van der Waals surface area (Å²) < 4.78 is 0. The molecule has 114 valence electrons. The van der Waals surface area contributed by atoms with Crippen LogP contribution in [0.1, 0.15) is 18.9 Å². The van der Waals surface area contributed by atoms with E-state index in [1.165, 1.54) is 0 Å². The lowest BCUT2D eigenvalue weighted by molar-refractivity contribution is -0.132. The van der Waals surface area contributed by atoms with Gasteiger partial charge in [-0.15, -0.1) is 0 Å². The highest BCUT2D eigenvalue weighted by atomic mass is 35.5. The molecular weight excluding hydrogens is 296 g/mol. The quantitative estimate of drug-likeness (QED) is 0.823. The molecule has 0 N–H and O–H groups in total. The van der Waals surface area contributed by atoms with E-state index in [0.29, 0.717) is 11.5 Å². The lowest BCUT2D eigenvalue weighted by Crippen LogP contribution is -2.44. The molecule has 3 atom stereocenters. The molecule has 1 aliphatic heterocycles. The van der Waals surface area contributed by atoms with Crippen LogP contribution >= 0.6 is 11.6 Å². The first-order chi connectivity index (χ1) is 10.6. The smallest absolute Gasteiger partial charge is 0.247 e. The van der Waals surface area contributed by atoms with E-state index in [0.717, 1.165) is 11.3 Å². The minimum Gasteiger partial charge on any atom is -0.336 e. The normalized spacial score (nSPS) is 27.9. The van der Waals surface area contributed by atoms with Gasteiger partial charge in [-0.1, -0.05) is 61.0 Å². The second kappa shape index (κ2) is 6.09. The van der Waals surface area contributed by atoms with Gasteiger partial charge in [0.05, 0.1) is 11.8 Å². The molecule has 0 saturated heterocycles. The Kier molecular flexibility index (Phi) is 4.16. The molecule has 1 heterocycles. The molecule has 0 saturated carbocycles. The number of aliphatic imine (C=N–C) groups is 1. The van der Waals surface area contributed by atoms with Crippen LogP contribution in [0.25, 0.3) is 0 Å². The van der Waals surface area contributed by atoms with Gasteiger partial charge in [0.15, 0.2) is 0 Å². The minimum absolute atomic E-state index is 0.00889. The van der Waals surface area contributed by atoms with Crippen molar-refractivity contribution in [3.8, 4) is 0 Å². The Bertz CT molecular complexity index is 663. The number of allylic oxidation sites excluding steroid dienone is 2. The molecule has 3 unspecified atom stereocenters. The second-order valence-electron chi connectivity index (χ2n) is 5.68. The minimum atomic E-state index is -0.327. The first-order valence-corrected chi connectivity index (χ1v) is 7.95. The number of hydrogen-bond donors (Lipinski definition) is 0. The van der Waals surface area contributed by atoms with Gasteiger partial charge in [-0.3, -0.25) is 9.79 Å². The number of benzene rings is 1. The van der Waals surface area contributed by atoms with E-state index in [-0.39, 0.29) is 23.9 Å². The molecule has 0 radical (unpaired) electrons. The second-order valence-corrected chi connectivity index (χ2v) is 6.12. The van der Waals surface area contributed by atoms with Crippen molar-refractivity contribution in [2.75, 3.05) is 7.05 Å². The van der Waals surface area contributed by atoms with E-state index < -0.39 is 0 Å². The Morgan fingerprint density at radius 1 is 1.27 bits per heavy atom. The molecule has 1 aliphatic carbocycles. The number of amides is 1. The van der Waals surface area contributed by atoms with Crippen molar-refractivity contribution in [1.82, 2.24) is 4.90 Å². The zero-order valence-electron chi connectivity index (χ0n) is 12.7. The summed E-state index contributed by atoms with van der Waals surface area (Å²) in [5.41, 5.74) is 1.99. The fraction of sp³-hybridized carbons (Fsp3) is 0.333. The number of hydrogen-bond acceptors (Lipinski definition) is 2. The number of likely N-dealkylation sites (N-methyl/N-ethyl adjacent to an activating group) is 1. The van der Waals surface area contributed by atoms with Crippen molar-refractivity contribution in [2.24, 2.45) is 10.9 Å². The third kappa shape index (κ3) is 2.61. The fourth-order valence-corrected chi connectivity index (χ4v) is 3.29. The third-order valence-electron chi connectivity index (χ3n) is 4.31. The SMILES string of the molecule is CCC1N=C(c2ccccc2)C2C=C(Cl)C=CC2N(C)C1=O. The lowest BCUT2D eigenvalue weighted by atomic mass is 9.86. The van der Waals surface area contributed by atoms with Crippen LogP contribution in [0.2, 0.25) is 0 Å². The van der Waals surface area contributed by atoms with Crippen molar-refractivity contribution in [1.29, 1.82) is 0 Å².